The van der Waals surface area contributed by atoms with Gasteiger partial charge in [-0.15, -0.1) is 0 Å². The Bertz CT molecular complexity index is 910. The minimum Gasteiger partial charge on any atom is -0.478 e. The number of rotatable bonds is 7. The van der Waals surface area contributed by atoms with Crippen molar-refractivity contribution in [3.05, 3.63) is 64.5 Å². The summed E-state index contributed by atoms with van der Waals surface area (Å²) in [7, 11) is -2.58. The number of benzene rings is 2. The molecule has 0 radical (unpaired) electrons. The second-order valence-corrected chi connectivity index (χ2v) is 7.74. The summed E-state index contributed by atoms with van der Waals surface area (Å²) in [6.45, 7) is 3.36. The number of hydrogen-bond acceptors (Lipinski definition) is 4. The number of carboxylic acids is 1. The van der Waals surface area contributed by atoms with Gasteiger partial charge in [-0.1, -0.05) is 18.2 Å². The number of nitrogens with one attached hydrogen (secondary N) is 1. The van der Waals surface area contributed by atoms with E-state index in [0.29, 0.717) is 16.7 Å². The van der Waals surface area contributed by atoms with Gasteiger partial charge in [0.25, 0.3) is 0 Å². The van der Waals surface area contributed by atoms with E-state index in [9.17, 15) is 22.7 Å². The first-order valence-electron chi connectivity index (χ1n) is 7.76. The van der Waals surface area contributed by atoms with Crippen LogP contribution in [0.4, 0.5) is 10.1 Å². The zero-order chi connectivity index (χ0) is 19.5. The highest BCUT2D eigenvalue weighted by Gasteiger charge is 2.24. The summed E-state index contributed by atoms with van der Waals surface area (Å²) in [6.07, 6.45) is -0.827. The fourth-order valence-corrected chi connectivity index (χ4v) is 4.04. The van der Waals surface area contributed by atoms with Gasteiger partial charge in [0.15, 0.2) is 0 Å². The van der Waals surface area contributed by atoms with Crippen LogP contribution in [0.25, 0.3) is 0 Å². The van der Waals surface area contributed by atoms with Gasteiger partial charge in [0.2, 0.25) is 10.0 Å². The summed E-state index contributed by atoms with van der Waals surface area (Å²) < 4.78 is 45.7. The molecule has 8 heteroatoms. The molecule has 0 aliphatic rings. The molecule has 1 unspecified atom stereocenters. The lowest BCUT2D eigenvalue weighted by Crippen LogP contribution is -2.24. The number of carbonyl (C=O) groups is 1. The minimum atomic E-state index is -3.93. The van der Waals surface area contributed by atoms with Gasteiger partial charge >= 0.3 is 5.97 Å². The first-order chi connectivity index (χ1) is 12.1. The Hall–Kier alpha value is -2.45. The molecule has 0 amide bonds. The van der Waals surface area contributed by atoms with Gasteiger partial charge in [0, 0.05) is 7.11 Å². The maximum absolute atomic E-state index is 13.0. The van der Waals surface area contributed by atoms with Gasteiger partial charge in [-0.3, -0.25) is 4.72 Å². The number of sulfonamides is 1. The van der Waals surface area contributed by atoms with Crippen molar-refractivity contribution in [3.8, 4) is 0 Å². The summed E-state index contributed by atoms with van der Waals surface area (Å²) in [5, 5.41) is 9.35. The van der Waals surface area contributed by atoms with E-state index in [2.05, 4.69) is 4.72 Å². The summed E-state index contributed by atoms with van der Waals surface area (Å²) in [4.78, 5) is 11.4. The van der Waals surface area contributed by atoms with E-state index in [1.807, 2.05) is 0 Å². The second-order valence-electron chi connectivity index (χ2n) is 5.97. The topological polar surface area (TPSA) is 92.7 Å². The number of halogens is 1. The van der Waals surface area contributed by atoms with E-state index in [1.165, 1.54) is 37.4 Å². The largest absolute Gasteiger partial charge is 0.478 e. The minimum absolute atomic E-state index is 0.0251. The fraction of sp³-hybridized carbons (Fsp3) is 0.278. The maximum Gasteiger partial charge on any atom is 0.337 e. The van der Waals surface area contributed by atoms with Crippen LogP contribution in [0.5, 0.6) is 0 Å². The third kappa shape index (κ3) is 4.80. The monoisotopic (exact) mass is 381 g/mol. The van der Waals surface area contributed by atoms with Crippen LogP contribution < -0.4 is 4.72 Å². The van der Waals surface area contributed by atoms with E-state index in [1.54, 1.807) is 19.9 Å². The van der Waals surface area contributed by atoms with E-state index >= 15 is 0 Å². The molecular weight excluding hydrogens is 361 g/mol. The van der Waals surface area contributed by atoms with E-state index in [0.717, 1.165) is 0 Å². The number of carboxylic acid groups (broad SMARTS) is 1. The van der Waals surface area contributed by atoms with Gasteiger partial charge in [-0.2, -0.15) is 0 Å². The van der Waals surface area contributed by atoms with Crippen LogP contribution in [0.2, 0.25) is 0 Å². The molecule has 0 saturated carbocycles. The van der Waals surface area contributed by atoms with Gasteiger partial charge in [0.05, 0.1) is 23.1 Å². The van der Waals surface area contributed by atoms with Crippen LogP contribution in [0.3, 0.4) is 0 Å². The molecule has 140 valence electrons. The Morgan fingerprint density at radius 2 is 1.85 bits per heavy atom. The Morgan fingerprint density at radius 1 is 1.23 bits per heavy atom. The highest BCUT2D eigenvalue weighted by molar-refractivity contribution is 7.92. The molecule has 0 saturated heterocycles. The summed E-state index contributed by atoms with van der Waals surface area (Å²) in [6, 6.07) is 8.42. The van der Waals surface area contributed by atoms with Gasteiger partial charge in [-0.05, 0) is 48.7 Å². The Morgan fingerprint density at radius 3 is 2.38 bits per heavy atom. The molecule has 2 N–H and O–H groups in total. The predicted molar refractivity (Wildman–Crippen MR) is 96.4 cm³/mol. The molecule has 6 nitrogen and oxygen atoms in total. The quantitative estimate of drug-likeness (QED) is 0.768. The molecule has 0 heterocycles. The van der Waals surface area contributed by atoms with E-state index in [4.69, 9.17) is 4.74 Å². The smallest absolute Gasteiger partial charge is 0.337 e. The number of anilines is 1. The van der Waals surface area contributed by atoms with Crippen molar-refractivity contribution in [2.24, 2.45) is 0 Å². The molecule has 0 aromatic heterocycles. The zero-order valence-electron chi connectivity index (χ0n) is 14.6. The van der Waals surface area contributed by atoms with Crippen LogP contribution in [-0.4, -0.2) is 32.4 Å². The molecule has 0 bridgehead atoms. The molecule has 0 spiro atoms. The molecule has 0 aliphatic carbocycles. The normalized spacial score (nSPS) is 12.6. The van der Waals surface area contributed by atoms with E-state index < -0.39 is 33.7 Å². The van der Waals surface area contributed by atoms with Crippen molar-refractivity contribution in [3.63, 3.8) is 0 Å². The third-order valence-corrected chi connectivity index (χ3v) is 5.12. The van der Waals surface area contributed by atoms with Crippen molar-refractivity contribution in [2.75, 3.05) is 17.6 Å². The molecule has 26 heavy (non-hydrogen) atoms. The van der Waals surface area contributed by atoms with Crippen molar-refractivity contribution in [1.29, 1.82) is 0 Å². The maximum atomic E-state index is 13.0. The number of ether oxygens (including phenoxy) is 1. The van der Waals surface area contributed by atoms with Crippen LogP contribution >= 0.6 is 0 Å². The van der Waals surface area contributed by atoms with E-state index in [-0.39, 0.29) is 11.3 Å². The number of aryl methyl sites for hydroxylation is 2. The average molecular weight is 381 g/mol. The Balaban J connectivity index is 2.31. The molecular formula is C18H20FNO5S. The van der Waals surface area contributed by atoms with Crippen molar-refractivity contribution in [1.82, 2.24) is 0 Å². The SMILES string of the molecule is COC(CS(=O)(=O)Nc1c(C)cc(C)cc1C(=O)O)c1ccc(F)cc1. The van der Waals surface area contributed by atoms with Gasteiger partial charge in [0.1, 0.15) is 5.82 Å². The third-order valence-electron chi connectivity index (χ3n) is 3.86. The van der Waals surface area contributed by atoms with Crippen LogP contribution in [-0.2, 0) is 14.8 Å². The lowest BCUT2D eigenvalue weighted by atomic mass is 10.0. The van der Waals surface area contributed by atoms with Crippen molar-refractivity contribution in [2.45, 2.75) is 20.0 Å². The lowest BCUT2D eigenvalue weighted by Gasteiger charge is -2.19. The first-order valence-corrected chi connectivity index (χ1v) is 9.41. The standard InChI is InChI=1S/C18H20FNO5S/c1-11-8-12(2)17(15(9-11)18(21)22)20-26(23,24)10-16(25-3)13-4-6-14(19)7-5-13/h4-9,16,20H,10H2,1-3H3,(H,21,22). The second kappa shape index (κ2) is 7.84. The van der Waals surface area contributed by atoms with Crippen LogP contribution in [0.15, 0.2) is 36.4 Å². The molecule has 0 fully saturated rings. The number of methoxy groups -OCH3 is 1. The molecule has 0 aliphatic heterocycles. The van der Waals surface area contributed by atoms with Crippen molar-refractivity contribution < 1.29 is 27.4 Å². The predicted octanol–water partition coefficient (Wildman–Crippen LogP) is 3.27. The molecule has 2 rings (SSSR count). The Labute approximate surface area is 151 Å². The fourth-order valence-electron chi connectivity index (χ4n) is 2.65. The molecule has 2 aromatic carbocycles. The number of hydrogen-bond donors (Lipinski definition) is 2. The highest BCUT2D eigenvalue weighted by Crippen LogP contribution is 2.26. The van der Waals surface area contributed by atoms with Crippen molar-refractivity contribution >= 4 is 21.7 Å². The first kappa shape index (κ1) is 19.9. The zero-order valence-corrected chi connectivity index (χ0v) is 15.4. The number of aromatic carboxylic acids is 1. The summed E-state index contributed by atoms with van der Waals surface area (Å²) >= 11 is 0. The summed E-state index contributed by atoms with van der Waals surface area (Å²) in [5.74, 6) is -2.11. The van der Waals surface area contributed by atoms with Crippen LogP contribution in [0, 0.1) is 19.7 Å². The van der Waals surface area contributed by atoms with Gasteiger partial charge < -0.3 is 9.84 Å². The summed E-state index contributed by atoms with van der Waals surface area (Å²) in [5.41, 5.74) is 1.61. The highest BCUT2D eigenvalue weighted by atomic mass is 32.2. The van der Waals surface area contributed by atoms with Gasteiger partial charge in [-0.25, -0.2) is 17.6 Å². The lowest BCUT2D eigenvalue weighted by molar-refractivity contribution is 0.0698. The average Bonchev–Trinajstić information content (AvgIpc) is 2.55. The van der Waals surface area contributed by atoms with Crippen LogP contribution in [0.1, 0.15) is 33.2 Å². The molecule has 1 atom stereocenters. The molecule has 2 aromatic rings. The Kier molecular flexibility index (Phi) is 5.99.